The monoisotopic (exact) mass is 298 g/mol. The van der Waals surface area contributed by atoms with Crippen molar-refractivity contribution in [3.05, 3.63) is 11.8 Å². The van der Waals surface area contributed by atoms with Gasteiger partial charge in [-0.1, -0.05) is 0 Å². The molecule has 0 aliphatic heterocycles. The Hall–Kier alpha value is -0.920. The van der Waals surface area contributed by atoms with Crippen LogP contribution in [0, 0.1) is 17.8 Å². The van der Waals surface area contributed by atoms with Crippen molar-refractivity contribution < 1.29 is 8.42 Å². The molecule has 0 unspecified atom stereocenters. The van der Waals surface area contributed by atoms with E-state index in [-0.39, 0.29) is 5.03 Å². The Balaban J connectivity index is 1.66. The lowest BCUT2D eigenvalue weighted by atomic mass is 9.99. The molecule has 0 saturated heterocycles. The molecule has 0 radical (unpaired) electrons. The standard InChI is InChI=1S/C13H22N4O2S/c1-14-6-11-7-15-17-13(11)20(18,19)16-8-12(9-2-3-9)10-4-5-10/h7,9-10,12,14,16H,2-6,8H2,1H3,(H,15,17). The molecule has 2 aliphatic carbocycles. The van der Waals surface area contributed by atoms with E-state index >= 15 is 0 Å². The predicted octanol–water partition coefficient (Wildman–Crippen LogP) is 0.844. The second-order valence-electron chi connectivity index (χ2n) is 5.95. The van der Waals surface area contributed by atoms with Crippen molar-refractivity contribution in [2.75, 3.05) is 13.6 Å². The van der Waals surface area contributed by atoms with E-state index < -0.39 is 10.0 Å². The van der Waals surface area contributed by atoms with Crippen LogP contribution < -0.4 is 10.0 Å². The van der Waals surface area contributed by atoms with Gasteiger partial charge in [0.2, 0.25) is 0 Å². The topological polar surface area (TPSA) is 86.9 Å². The summed E-state index contributed by atoms with van der Waals surface area (Å²) in [7, 11) is -1.70. The maximum atomic E-state index is 12.4. The van der Waals surface area contributed by atoms with E-state index in [1.54, 1.807) is 13.2 Å². The third kappa shape index (κ3) is 3.05. The average Bonchev–Trinajstić information content (AvgIpc) is 3.32. The van der Waals surface area contributed by atoms with Gasteiger partial charge in [0.05, 0.1) is 6.20 Å². The van der Waals surface area contributed by atoms with Gasteiger partial charge in [-0.2, -0.15) is 5.10 Å². The first-order valence-electron chi connectivity index (χ1n) is 7.28. The Kier molecular flexibility index (Phi) is 3.83. The molecule has 1 heterocycles. The minimum atomic E-state index is -3.48. The summed E-state index contributed by atoms with van der Waals surface area (Å²) in [6.07, 6.45) is 6.61. The van der Waals surface area contributed by atoms with Gasteiger partial charge in [-0.3, -0.25) is 5.10 Å². The number of nitrogens with one attached hydrogen (secondary N) is 3. The van der Waals surface area contributed by atoms with E-state index in [0.29, 0.717) is 24.6 Å². The quantitative estimate of drug-likeness (QED) is 0.664. The number of nitrogens with zero attached hydrogens (tertiary/aromatic N) is 1. The van der Waals surface area contributed by atoms with E-state index in [4.69, 9.17) is 0 Å². The number of hydrogen-bond donors (Lipinski definition) is 3. The summed E-state index contributed by atoms with van der Waals surface area (Å²) in [6.45, 7) is 1.05. The lowest BCUT2D eigenvalue weighted by Crippen LogP contribution is -2.32. The molecule has 0 aromatic carbocycles. The molecule has 1 aromatic heterocycles. The average molecular weight is 298 g/mol. The van der Waals surface area contributed by atoms with Gasteiger partial charge < -0.3 is 5.32 Å². The lowest BCUT2D eigenvalue weighted by Gasteiger charge is -2.16. The molecule has 0 atom stereocenters. The van der Waals surface area contributed by atoms with Crippen LogP contribution in [0.25, 0.3) is 0 Å². The Labute approximate surface area is 119 Å². The highest BCUT2D eigenvalue weighted by molar-refractivity contribution is 7.89. The molecule has 6 nitrogen and oxygen atoms in total. The van der Waals surface area contributed by atoms with E-state index in [9.17, 15) is 8.42 Å². The van der Waals surface area contributed by atoms with Crippen molar-refractivity contribution >= 4 is 10.0 Å². The molecule has 7 heteroatoms. The molecule has 2 aliphatic rings. The van der Waals surface area contributed by atoms with Crippen LogP contribution in [0.15, 0.2) is 11.2 Å². The second kappa shape index (κ2) is 5.46. The molecule has 112 valence electrons. The van der Waals surface area contributed by atoms with Gasteiger partial charge in [-0.15, -0.1) is 0 Å². The van der Waals surface area contributed by atoms with Gasteiger partial charge >= 0.3 is 0 Å². The van der Waals surface area contributed by atoms with Crippen molar-refractivity contribution in [3.63, 3.8) is 0 Å². The van der Waals surface area contributed by atoms with Crippen LogP contribution in [-0.2, 0) is 16.6 Å². The van der Waals surface area contributed by atoms with Crippen LogP contribution in [-0.4, -0.2) is 32.2 Å². The largest absolute Gasteiger partial charge is 0.316 e. The van der Waals surface area contributed by atoms with E-state index in [1.165, 1.54) is 25.7 Å². The zero-order chi connectivity index (χ0) is 14.2. The summed E-state index contributed by atoms with van der Waals surface area (Å²) < 4.78 is 27.5. The van der Waals surface area contributed by atoms with Crippen LogP contribution in [0.2, 0.25) is 0 Å². The molecule has 20 heavy (non-hydrogen) atoms. The Morgan fingerprint density at radius 3 is 2.55 bits per heavy atom. The van der Waals surface area contributed by atoms with E-state index in [2.05, 4.69) is 20.2 Å². The fourth-order valence-corrected chi connectivity index (χ4v) is 4.09. The Morgan fingerprint density at radius 2 is 2.00 bits per heavy atom. The maximum absolute atomic E-state index is 12.4. The molecule has 0 amide bonds. The minimum Gasteiger partial charge on any atom is -0.316 e. The Bertz CT molecular complexity index is 549. The number of aromatic nitrogens is 2. The minimum absolute atomic E-state index is 0.192. The molecular weight excluding hydrogens is 276 g/mol. The summed E-state index contributed by atoms with van der Waals surface area (Å²) in [6, 6.07) is 0. The van der Waals surface area contributed by atoms with Gasteiger partial charge in [0, 0.05) is 18.7 Å². The smallest absolute Gasteiger partial charge is 0.257 e. The zero-order valence-electron chi connectivity index (χ0n) is 11.7. The number of sulfonamides is 1. The molecular formula is C13H22N4O2S. The maximum Gasteiger partial charge on any atom is 0.257 e. The lowest BCUT2D eigenvalue weighted by molar-refractivity contribution is 0.401. The van der Waals surface area contributed by atoms with Crippen LogP contribution in [0.1, 0.15) is 31.2 Å². The first-order valence-corrected chi connectivity index (χ1v) is 8.76. The summed E-state index contributed by atoms with van der Waals surface area (Å²) in [5.74, 6) is 2.01. The number of hydrogen-bond acceptors (Lipinski definition) is 4. The van der Waals surface area contributed by atoms with Crippen molar-refractivity contribution in [2.24, 2.45) is 17.8 Å². The normalized spacial score (nSPS) is 19.7. The van der Waals surface area contributed by atoms with Crippen LogP contribution >= 0.6 is 0 Å². The number of H-pyrrole nitrogens is 1. The van der Waals surface area contributed by atoms with Gasteiger partial charge in [0.1, 0.15) is 0 Å². The van der Waals surface area contributed by atoms with Crippen molar-refractivity contribution in [3.8, 4) is 0 Å². The molecule has 0 bridgehead atoms. The van der Waals surface area contributed by atoms with Crippen molar-refractivity contribution in [1.29, 1.82) is 0 Å². The highest BCUT2D eigenvalue weighted by Gasteiger charge is 2.41. The summed E-state index contributed by atoms with van der Waals surface area (Å²) in [5, 5.41) is 9.59. The Morgan fingerprint density at radius 1 is 1.35 bits per heavy atom. The molecule has 3 rings (SSSR count). The van der Waals surface area contributed by atoms with E-state index in [1.807, 2.05) is 0 Å². The van der Waals surface area contributed by atoms with Crippen LogP contribution in [0.5, 0.6) is 0 Å². The van der Waals surface area contributed by atoms with Gasteiger partial charge in [-0.05, 0) is 50.5 Å². The van der Waals surface area contributed by atoms with Gasteiger partial charge in [0.15, 0.2) is 5.03 Å². The fraction of sp³-hybridized carbons (Fsp3) is 0.769. The third-order valence-corrected chi connectivity index (χ3v) is 5.72. The SMILES string of the molecule is CNCc1cn[nH]c1S(=O)(=O)NCC(C1CC1)C1CC1. The molecule has 2 fully saturated rings. The summed E-state index contributed by atoms with van der Waals surface area (Å²) >= 11 is 0. The molecule has 0 spiro atoms. The first-order chi connectivity index (χ1) is 9.62. The highest BCUT2D eigenvalue weighted by atomic mass is 32.2. The third-order valence-electron chi connectivity index (χ3n) is 4.28. The van der Waals surface area contributed by atoms with Crippen LogP contribution in [0.4, 0.5) is 0 Å². The fourth-order valence-electron chi connectivity index (χ4n) is 2.89. The predicted molar refractivity (Wildman–Crippen MR) is 75.5 cm³/mol. The zero-order valence-corrected chi connectivity index (χ0v) is 12.5. The number of aromatic amines is 1. The number of rotatable bonds is 8. The van der Waals surface area contributed by atoms with Gasteiger partial charge in [0.25, 0.3) is 10.0 Å². The summed E-state index contributed by atoms with van der Waals surface area (Å²) in [5.41, 5.74) is 0.675. The van der Waals surface area contributed by atoms with E-state index in [0.717, 1.165) is 11.8 Å². The van der Waals surface area contributed by atoms with Gasteiger partial charge in [-0.25, -0.2) is 13.1 Å². The highest BCUT2D eigenvalue weighted by Crippen LogP contribution is 2.48. The van der Waals surface area contributed by atoms with Crippen LogP contribution in [0.3, 0.4) is 0 Å². The first kappa shape index (κ1) is 14.0. The molecule has 1 aromatic rings. The van der Waals surface area contributed by atoms with Crippen molar-refractivity contribution in [2.45, 2.75) is 37.3 Å². The molecule has 3 N–H and O–H groups in total. The summed E-state index contributed by atoms with van der Waals surface area (Å²) in [4.78, 5) is 0. The van der Waals surface area contributed by atoms with Crippen molar-refractivity contribution in [1.82, 2.24) is 20.2 Å². The molecule has 2 saturated carbocycles. The second-order valence-corrected chi connectivity index (χ2v) is 7.65.